The second kappa shape index (κ2) is 7.44. The van der Waals surface area contributed by atoms with Gasteiger partial charge < -0.3 is 14.6 Å². The Labute approximate surface area is 171 Å². The Morgan fingerprint density at radius 2 is 1.86 bits per heavy atom. The SMILES string of the molecule is COc1cccc(-c2cc(-c3ccc(OC)c(Cl)c3)n3nc(C(=O)O)cc3n2)c1. The van der Waals surface area contributed by atoms with Crippen molar-refractivity contribution >= 4 is 23.2 Å². The molecule has 0 fully saturated rings. The summed E-state index contributed by atoms with van der Waals surface area (Å²) in [4.78, 5) is 16.0. The number of benzene rings is 2. The fourth-order valence-corrected chi connectivity index (χ4v) is 3.30. The number of ether oxygens (including phenoxy) is 2. The molecule has 8 heteroatoms. The minimum absolute atomic E-state index is 0.0962. The molecule has 0 aliphatic heterocycles. The first-order valence-electron chi connectivity index (χ1n) is 8.62. The van der Waals surface area contributed by atoms with Crippen molar-refractivity contribution in [1.29, 1.82) is 0 Å². The van der Waals surface area contributed by atoms with Gasteiger partial charge in [-0.15, -0.1) is 0 Å². The first-order valence-corrected chi connectivity index (χ1v) is 9.00. The Kier molecular flexibility index (Phi) is 4.82. The van der Waals surface area contributed by atoms with Crippen LogP contribution in [-0.4, -0.2) is 39.9 Å². The van der Waals surface area contributed by atoms with Gasteiger partial charge in [-0.2, -0.15) is 5.10 Å². The van der Waals surface area contributed by atoms with E-state index in [2.05, 4.69) is 10.1 Å². The van der Waals surface area contributed by atoms with Crippen LogP contribution in [0.1, 0.15) is 10.5 Å². The number of carboxylic acid groups (broad SMARTS) is 1. The van der Waals surface area contributed by atoms with Gasteiger partial charge in [0.1, 0.15) is 11.5 Å². The quantitative estimate of drug-likeness (QED) is 0.524. The maximum Gasteiger partial charge on any atom is 0.356 e. The van der Waals surface area contributed by atoms with Gasteiger partial charge in [-0.3, -0.25) is 0 Å². The van der Waals surface area contributed by atoms with Gasteiger partial charge in [0.2, 0.25) is 0 Å². The van der Waals surface area contributed by atoms with Crippen molar-refractivity contribution in [2.75, 3.05) is 14.2 Å². The summed E-state index contributed by atoms with van der Waals surface area (Å²) in [6.07, 6.45) is 0. The summed E-state index contributed by atoms with van der Waals surface area (Å²) < 4.78 is 12.0. The summed E-state index contributed by atoms with van der Waals surface area (Å²) in [6.45, 7) is 0. The molecule has 29 heavy (non-hydrogen) atoms. The number of rotatable bonds is 5. The Balaban J connectivity index is 1.97. The lowest BCUT2D eigenvalue weighted by atomic mass is 10.1. The molecule has 0 saturated heterocycles. The first kappa shape index (κ1) is 18.8. The predicted molar refractivity (Wildman–Crippen MR) is 109 cm³/mol. The molecule has 0 amide bonds. The van der Waals surface area contributed by atoms with Gasteiger partial charge in [-0.05, 0) is 36.4 Å². The number of halogens is 1. The third kappa shape index (κ3) is 3.48. The maximum absolute atomic E-state index is 11.4. The summed E-state index contributed by atoms with van der Waals surface area (Å²) in [5.41, 5.74) is 3.17. The van der Waals surface area contributed by atoms with Gasteiger partial charge in [0, 0.05) is 17.2 Å². The number of nitrogens with zero attached hydrogens (tertiary/aromatic N) is 3. The zero-order valence-electron chi connectivity index (χ0n) is 15.6. The standard InChI is InChI=1S/C21H16ClN3O4/c1-28-14-5-3-4-12(8-14)16-10-18(13-6-7-19(29-2)15(22)9-13)25-20(23-16)11-17(24-25)21(26)27/h3-11H,1-2H3,(H,26,27). The van der Waals surface area contributed by atoms with Crippen molar-refractivity contribution in [2.45, 2.75) is 0 Å². The van der Waals surface area contributed by atoms with Crippen LogP contribution in [0.15, 0.2) is 54.6 Å². The van der Waals surface area contributed by atoms with Gasteiger partial charge in [0.25, 0.3) is 0 Å². The van der Waals surface area contributed by atoms with E-state index in [-0.39, 0.29) is 5.69 Å². The number of methoxy groups -OCH3 is 2. The topological polar surface area (TPSA) is 86.0 Å². The third-order valence-electron chi connectivity index (χ3n) is 4.46. The molecule has 7 nitrogen and oxygen atoms in total. The average molecular weight is 410 g/mol. The van der Waals surface area contributed by atoms with Crippen LogP contribution >= 0.6 is 11.6 Å². The highest BCUT2D eigenvalue weighted by atomic mass is 35.5. The van der Waals surface area contributed by atoms with Crippen LogP contribution in [0.2, 0.25) is 5.02 Å². The lowest BCUT2D eigenvalue weighted by Gasteiger charge is -2.11. The fraction of sp³-hybridized carbons (Fsp3) is 0.0952. The molecule has 0 bridgehead atoms. The van der Waals surface area contributed by atoms with Gasteiger partial charge in [0.05, 0.1) is 30.6 Å². The van der Waals surface area contributed by atoms with Crippen molar-refractivity contribution in [3.05, 3.63) is 65.3 Å². The van der Waals surface area contributed by atoms with E-state index < -0.39 is 5.97 Å². The second-order valence-electron chi connectivity index (χ2n) is 6.21. The van der Waals surface area contributed by atoms with Gasteiger partial charge >= 0.3 is 5.97 Å². The number of aromatic nitrogens is 3. The lowest BCUT2D eigenvalue weighted by Crippen LogP contribution is -2.01. The Morgan fingerprint density at radius 1 is 1.03 bits per heavy atom. The van der Waals surface area contributed by atoms with E-state index in [1.165, 1.54) is 10.6 Å². The minimum atomic E-state index is -1.13. The summed E-state index contributed by atoms with van der Waals surface area (Å²) in [6, 6.07) is 16.1. The third-order valence-corrected chi connectivity index (χ3v) is 4.75. The molecule has 1 N–H and O–H groups in total. The van der Waals surface area contributed by atoms with E-state index >= 15 is 0 Å². The zero-order chi connectivity index (χ0) is 20.5. The van der Waals surface area contributed by atoms with Crippen LogP contribution in [0.5, 0.6) is 11.5 Å². The predicted octanol–water partition coefficient (Wildman–Crippen LogP) is 4.43. The Hall–Kier alpha value is -3.58. The monoisotopic (exact) mass is 409 g/mol. The van der Waals surface area contributed by atoms with Crippen molar-refractivity contribution < 1.29 is 19.4 Å². The van der Waals surface area contributed by atoms with Crippen molar-refractivity contribution in [1.82, 2.24) is 14.6 Å². The normalized spacial score (nSPS) is 10.9. The Bertz CT molecular complexity index is 1240. The highest BCUT2D eigenvalue weighted by Gasteiger charge is 2.16. The average Bonchev–Trinajstić information content (AvgIpc) is 3.17. The highest BCUT2D eigenvalue weighted by Crippen LogP contribution is 2.33. The van der Waals surface area contributed by atoms with Crippen LogP contribution in [0.4, 0.5) is 0 Å². The number of hydrogen-bond donors (Lipinski definition) is 1. The second-order valence-corrected chi connectivity index (χ2v) is 6.62. The first-order chi connectivity index (χ1) is 14.0. The molecule has 4 aromatic rings. The summed E-state index contributed by atoms with van der Waals surface area (Å²) in [7, 11) is 3.13. The maximum atomic E-state index is 11.4. The molecule has 0 saturated carbocycles. The van der Waals surface area contributed by atoms with E-state index in [9.17, 15) is 9.90 Å². The van der Waals surface area contributed by atoms with E-state index in [1.807, 2.05) is 36.4 Å². The van der Waals surface area contributed by atoms with Crippen LogP contribution in [0.25, 0.3) is 28.2 Å². The smallest absolute Gasteiger partial charge is 0.356 e. The fourth-order valence-electron chi connectivity index (χ4n) is 3.04. The largest absolute Gasteiger partial charge is 0.497 e. The molecule has 0 radical (unpaired) electrons. The van der Waals surface area contributed by atoms with Crippen LogP contribution in [0, 0.1) is 0 Å². The molecule has 2 aromatic carbocycles. The molecule has 0 aliphatic carbocycles. The van der Waals surface area contributed by atoms with Crippen molar-refractivity contribution in [3.8, 4) is 34.0 Å². The molecule has 0 unspecified atom stereocenters. The van der Waals surface area contributed by atoms with E-state index in [1.54, 1.807) is 26.4 Å². The molecule has 0 atom stereocenters. The summed E-state index contributed by atoms with van der Waals surface area (Å²) in [5.74, 6) is 0.107. The molecule has 0 spiro atoms. The molecule has 146 valence electrons. The van der Waals surface area contributed by atoms with Gasteiger partial charge in [-0.25, -0.2) is 14.3 Å². The van der Waals surface area contributed by atoms with Gasteiger partial charge in [-0.1, -0.05) is 23.7 Å². The number of hydrogen-bond acceptors (Lipinski definition) is 5. The molecule has 2 aromatic heterocycles. The number of aromatic carboxylic acids is 1. The molecule has 0 aliphatic rings. The summed E-state index contributed by atoms with van der Waals surface area (Å²) >= 11 is 6.30. The Morgan fingerprint density at radius 3 is 2.55 bits per heavy atom. The highest BCUT2D eigenvalue weighted by molar-refractivity contribution is 6.32. The zero-order valence-corrected chi connectivity index (χ0v) is 16.3. The summed E-state index contributed by atoms with van der Waals surface area (Å²) in [5, 5.41) is 14.0. The van der Waals surface area contributed by atoms with E-state index in [0.717, 1.165) is 11.1 Å². The lowest BCUT2D eigenvalue weighted by molar-refractivity contribution is 0.0690. The van der Waals surface area contributed by atoms with Crippen LogP contribution in [0.3, 0.4) is 0 Å². The minimum Gasteiger partial charge on any atom is -0.497 e. The number of carboxylic acids is 1. The van der Waals surface area contributed by atoms with Gasteiger partial charge in [0.15, 0.2) is 11.3 Å². The van der Waals surface area contributed by atoms with Crippen LogP contribution in [-0.2, 0) is 0 Å². The molecular formula is C21H16ClN3O4. The molecular weight excluding hydrogens is 394 g/mol. The molecule has 2 heterocycles. The van der Waals surface area contributed by atoms with Crippen LogP contribution < -0.4 is 9.47 Å². The number of carbonyl (C=O) groups is 1. The van der Waals surface area contributed by atoms with Crippen molar-refractivity contribution in [2.24, 2.45) is 0 Å². The van der Waals surface area contributed by atoms with E-state index in [4.69, 9.17) is 21.1 Å². The van der Waals surface area contributed by atoms with E-state index in [0.29, 0.717) is 33.6 Å². The van der Waals surface area contributed by atoms with Crippen molar-refractivity contribution in [3.63, 3.8) is 0 Å². The number of fused-ring (bicyclic) bond motifs is 1. The molecule has 4 rings (SSSR count).